The average molecular weight is 278 g/mol. The van der Waals surface area contributed by atoms with Crippen LogP contribution >= 0.6 is 0 Å². The lowest BCUT2D eigenvalue weighted by molar-refractivity contribution is -0.136. The highest BCUT2D eigenvalue weighted by molar-refractivity contribution is 5.99. The summed E-state index contributed by atoms with van der Waals surface area (Å²) in [6, 6.07) is 4.41. The Kier molecular flexibility index (Phi) is 3.88. The predicted molar refractivity (Wildman–Crippen MR) is 71.1 cm³/mol. The number of carboxylic acids is 2. The van der Waals surface area contributed by atoms with Gasteiger partial charge >= 0.3 is 11.9 Å². The van der Waals surface area contributed by atoms with E-state index in [1.807, 2.05) is 0 Å². The summed E-state index contributed by atoms with van der Waals surface area (Å²) in [4.78, 5) is 35.0. The molecule has 0 radical (unpaired) electrons. The molecule has 1 heterocycles. The molecule has 106 valence electrons. The lowest BCUT2D eigenvalue weighted by Crippen LogP contribution is -2.27. The van der Waals surface area contributed by atoms with Gasteiger partial charge in [-0.3, -0.25) is 9.59 Å². The number of carbonyl (C=O) groups is 3. The van der Waals surface area contributed by atoms with Crippen LogP contribution in [0.3, 0.4) is 0 Å². The van der Waals surface area contributed by atoms with Crippen molar-refractivity contribution in [2.24, 2.45) is 0 Å². The molecular weight excluding hydrogens is 264 g/mol. The van der Waals surface area contributed by atoms with Crippen molar-refractivity contribution in [1.29, 1.82) is 0 Å². The second kappa shape index (κ2) is 5.60. The number of nitrogens with zero attached hydrogens (tertiary/aromatic N) is 1. The van der Waals surface area contributed by atoms with Crippen LogP contribution < -0.4 is 10.2 Å². The van der Waals surface area contributed by atoms with Gasteiger partial charge in [0.15, 0.2) is 0 Å². The molecule has 1 aromatic carbocycles. The van der Waals surface area contributed by atoms with Crippen molar-refractivity contribution in [2.75, 3.05) is 23.3 Å². The van der Waals surface area contributed by atoms with E-state index < -0.39 is 11.9 Å². The third kappa shape index (κ3) is 3.05. The van der Waals surface area contributed by atoms with E-state index in [0.29, 0.717) is 17.9 Å². The lowest BCUT2D eigenvalue weighted by atomic mass is 10.1. The topological polar surface area (TPSA) is 107 Å². The summed E-state index contributed by atoms with van der Waals surface area (Å²) >= 11 is 0. The van der Waals surface area contributed by atoms with Crippen LogP contribution in [0.4, 0.5) is 11.4 Å². The van der Waals surface area contributed by atoms with Gasteiger partial charge in [-0.05, 0) is 18.2 Å². The molecule has 1 amide bonds. The number of amides is 1. The molecule has 0 saturated heterocycles. The van der Waals surface area contributed by atoms with Crippen molar-refractivity contribution >= 4 is 29.2 Å². The first-order valence-corrected chi connectivity index (χ1v) is 6.11. The Morgan fingerprint density at radius 1 is 1.30 bits per heavy atom. The van der Waals surface area contributed by atoms with E-state index in [1.54, 1.807) is 11.0 Å². The van der Waals surface area contributed by atoms with Crippen molar-refractivity contribution in [3.05, 3.63) is 23.8 Å². The fraction of sp³-hybridized carbons (Fsp3) is 0.308. The van der Waals surface area contributed by atoms with Gasteiger partial charge in [0.25, 0.3) is 0 Å². The summed E-state index contributed by atoms with van der Waals surface area (Å²) in [6.07, 6.45) is 0.186. The van der Waals surface area contributed by atoms with Gasteiger partial charge in [0.05, 0.1) is 23.4 Å². The molecule has 0 aliphatic carbocycles. The third-order valence-electron chi connectivity index (χ3n) is 3.06. The molecule has 1 aliphatic heterocycles. The fourth-order valence-electron chi connectivity index (χ4n) is 2.08. The molecule has 0 spiro atoms. The molecule has 0 fully saturated rings. The molecule has 3 N–H and O–H groups in total. The Morgan fingerprint density at radius 2 is 2.05 bits per heavy atom. The van der Waals surface area contributed by atoms with Crippen LogP contribution in [0.5, 0.6) is 0 Å². The monoisotopic (exact) mass is 278 g/mol. The summed E-state index contributed by atoms with van der Waals surface area (Å²) in [7, 11) is 0. The van der Waals surface area contributed by atoms with Gasteiger partial charge < -0.3 is 20.4 Å². The summed E-state index contributed by atoms with van der Waals surface area (Å²) in [5.41, 5.74) is 1.11. The molecule has 0 unspecified atom stereocenters. The maximum absolute atomic E-state index is 11.6. The number of nitrogens with one attached hydrogen (secondary N) is 1. The van der Waals surface area contributed by atoms with Crippen LogP contribution in [0.15, 0.2) is 18.2 Å². The number of hydrogen-bond donors (Lipinski definition) is 3. The highest BCUT2D eigenvalue weighted by Gasteiger charge is 2.20. The van der Waals surface area contributed by atoms with Gasteiger partial charge in [0.2, 0.25) is 5.91 Å². The van der Waals surface area contributed by atoms with Gasteiger partial charge in [-0.15, -0.1) is 0 Å². The maximum Gasteiger partial charge on any atom is 0.335 e. The molecule has 0 bridgehead atoms. The third-order valence-corrected chi connectivity index (χ3v) is 3.06. The molecule has 0 saturated carbocycles. The van der Waals surface area contributed by atoms with Crippen molar-refractivity contribution in [1.82, 2.24) is 0 Å². The molecular formula is C13H14N2O5. The van der Waals surface area contributed by atoms with E-state index in [4.69, 9.17) is 10.2 Å². The molecule has 0 aromatic heterocycles. The van der Waals surface area contributed by atoms with Crippen LogP contribution in [0.25, 0.3) is 0 Å². The van der Waals surface area contributed by atoms with Crippen molar-refractivity contribution in [3.8, 4) is 0 Å². The number of carbonyl (C=O) groups excluding carboxylic acids is 1. The highest BCUT2D eigenvalue weighted by Crippen LogP contribution is 2.30. The van der Waals surface area contributed by atoms with Gasteiger partial charge in [-0.2, -0.15) is 0 Å². The van der Waals surface area contributed by atoms with Gasteiger partial charge in [0, 0.05) is 19.5 Å². The molecule has 1 aromatic rings. The first kappa shape index (κ1) is 13.9. The molecule has 7 nitrogen and oxygen atoms in total. The summed E-state index contributed by atoms with van der Waals surface area (Å²) in [6.45, 7) is 0.669. The number of rotatable bonds is 4. The zero-order valence-electron chi connectivity index (χ0n) is 10.6. The van der Waals surface area contributed by atoms with Crippen LogP contribution in [0.1, 0.15) is 23.2 Å². The fourth-order valence-corrected chi connectivity index (χ4v) is 2.08. The first-order valence-electron chi connectivity index (χ1n) is 6.11. The smallest absolute Gasteiger partial charge is 0.335 e. The number of aromatic carboxylic acids is 1. The molecule has 1 aliphatic rings. The van der Waals surface area contributed by atoms with E-state index in [9.17, 15) is 14.4 Å². The van der Waals surface area contributed by atoms with Crippen LogP contribution in [-0.4, -0.2) is 41.1 Å². The minimum absolute atomic E-state index is 0.0473. The van der Waals surface area contributed by atoms with Crippen LogP contribution in [0, 0.1) is 0 Å². The number of carboxylic acid groups (broad SMARTS) is 2. The van der Waals surface area contributed by atoms with Crippen LogP contribution in [-0.2, 0) is 9.59 Å². The Balaban J connectivity index is 2.33. The van der Waals surface area contributed by atoms with Crippen LogP contribution in [0.2, 0.25) is 0 Å². The maximum atomic E-state index is 11.6. The summed E-state index contributed by atoms with van der Waals surface area (Å²) < 4.78 is 0. The normalized spacial score (nSPS) is 14.2. The largest absolute Gasteiger partial charge is 0.481 e. The van der Waals surface area contributed by atoms with Gasteiger partial charge in [0.1, 0.15) is 0 Å². The Morgan fingerprint density at radius 3 is 2.70 bits per heavy atom. The first-order chi connectivity index (χ1) is 9.47. The minimum atomic E-state index is -1.08. The lowest BCUT2D eigenvalue weighted by Gasteiger charge is -2.23. The van der Waals surface area contributed by atoms with E-state index in [-0.39, 0.29) is 30.9 Å². The quantitative estimate of drug-likeness (QED) is 0.758. The van der Waals surface area contributed by atoms with Crippen molar-refractivity contribution in [2.45, 2.75) is 12.8 Å². The summed E-state index contributed by atoms with van der Waals surface area (Å²) in [5, 5.41) is 20.3. The molecule has 2 rings (SSSR count). The molecule has 20 heavy (non-hydrogen) atoms. The summed E-state index contributed by atoms with van der Waals surface area (Å²) in [5.74, 6) is -2.22. The van der Waals surface area contributed by atoms with Gasteiger partial charge in [-0.25, -0.2) is 4.79 Å². The zero-order valence-corrected chi connectivity index (χ0v) is 10.6. The number of aliphatic carboxylic acids is 1. The second-order valence-corrected chi connectivity index (χ2v) is 4.47. The van der Waals surface area contributed by atoms with Crippen molar-refractivity contribution in [3.63, 3.8) is 0 Å². The van der Waals surface area contributed by atoms with Gasteiger partial charge in [-0.1, -0.05) is 0 Å². The molecule has 0 atom stereocenters. The number of hydrogen-bond acceptors (Lipinski definition) is 4. The Labute approximate surface area is 114 Å². The molecule has 7 heteroatoms. The highest BCUT2D eigenvalue weighted by atomic mass is 16.4. The van der Waals surface area contributed by atoms with E-state index >= 15 is 0 Å². The Bertz CT molecular complexity index is 570. The number of fused-ring (bicyclic) bond motifs is 1. The van der Waals surface area contributed by atoms with E-state index in [2.05, 4.69) is 5.32 Å². The minimum Gasteiger partial charge on any atom is -0.481 e. The standard InChI is InChI=1S/C13H14N2O5/c16-11-3-5-15(6-4-12(17)18)10-2-1-8(13(19)20)7-9(10)14-11/h1-2,7H,3-6H2,(H,14,16)(H,17,18)(H,19,20). The predicted octanol–water partition coefficient (Wildman–Crippen LogP) is 1.01. The SMILES string of the molecule is O=C(O)CCN1CCC(=O)Nc2cc(C(=O)O)ccc21. The number of anilines is 2. The number of benzene rings is 1. The van der Waals surface area contributed by atoms with Crippen molar-refractivity contribution < 1.29 is 24.6 Å². The zero-order chi connectivity index (χ0) is 14.7. The Hall–Kier alpha value is -2.57. The van der Waals surface area contributed by atoms with E-state index in [0.717, 1.165) is 0 Å². The second-order valence-electron chi connectivity index (χ2n) is 4.47. The average Bonchev–Trinajstić information content (AvgIpc) is 2.54. The van der Waals surface area contributed by atoms with E-state index in [1.165, 1.54) is 12.1 Å².